The van der Waals surface area contributed by atoms with E-state index in [1.807, 2.05) is 24.4 Å². The van der Waals surface area contributed by atoms with Gasteiger partial charge in [-0.25, -0.2) is 0 Å². The summed E-state index contributed by atoms with van der Waals surface area (Å²) in [5.41, 5.74) is 0. The van der Waals surface area contributed by atoms with Gasteiger partial charge in [-0.1, -0.05) is 6.07 Å². The molecule has 66 valence electrons. The Bertz CT molecular complexity index is 246. The van der Waals surface area contributed by atoms with Gasteiger partial charge in [0.15, 0.2) is 0 Å². The average molecular weight is 201 g/mol. The van der Waals surface area contributed by atoms with Crippen molar-refractivity contribution in [3.8, 4) is 0 Å². The molecule has 1 aromatic rings. The molecule has 0 saturated carbocycles. The van der Waals surface area contributed by atoms with Crippen LogP contribution in [0.15, 0.2) is 17.5 Å². The topological polar surface area (TPSA) is 29.1 Å². The van der Waals surface area contributed by atoms with Gasteiger partial charge in [-0.3, -0.25) is 4.79 Å². The number of carbonyl (C=O) groups is 1. The lowest BCUT2D eigenvalue weighted by molar-refractivity contribution is -0.119. The monoisotopic (exact) mass is 201 g/mol. The summed E-state index contributed by atoms with van der Waals surface area (Å²) in [4.78, 5) is 12.1. The van der Waals surface area contributed by atoms with E-state index in [-0.39, 0.29) is 17.7 Å². The van der Waals surface area contributed by atoms with E-state index in [0.717, 1.165) is 0 Å². The highest BCUT2D eigenvalue weighted by atomic mass is 32.1. The van der Waals surface area contributed by atoms with E-state index in [1.165, 1.54) is 4.88 Å². The summed E-state index contributed by atoms with van der Waals surface area (Å²) >= 11 is 5.52. The maximum Gasteiger partial charge on any atom is 0.230 e. The number of amides is 1. The molecule has 1 heterocycles. The van der Waals surface area contributed by atoms with Crippen molar-refractivity contribution in [1.82, 2.24) is 5.32 Å². The van der Waals surface area contributed by atoms with Crippen LogP contribution < -0.4 is 5.32 Å². The molecule has 0 saturated heterocycles. The number of nitrogens with one attached hydrogen (secondary N) is 1. The van der Waals surface area contributed by atoms with Gasteiger partial charge in [-0.15, -0.1) is 11.3 Å². The highest BCUT2D eigenvalue weighted by Gasteiger charge is 2.07. The molecule has 0 aromatic carbocycles. The fourth-order valence-electron chi connectivity index (χ4n) is 0.896. The summed E-state index contributed by atoms with van der Waals surface area (Å²) in [7, 11) is 0. The van der Waals surface area contributed by atoms with E-state index in [2.05, 4.69) is 17.9 Å². The van der Waals surface area contributed by atoms with Crippen LogP contribution in [-0.4, -0.2) is 11.7 Å². The highest BCUT2D eigenvalue weighted by Crippen LogP contribution is 2.17. The Hall–Kier alpha value is -0.480. The molecule has 1 atom stereocenters. The van der Waals surface area contributed by atoms with Crippen molar-refractivity contribution in [2.75, 3.05) is 5.75 Å². The lowest BCUT2D eigenvalue weighted by Crippen LogP contribution is -2.26. The lowest BCUT2D eigenvalue weighted by atomic mass is 10.3. The van der Waals surface area contributed by atoms with Gasteiger partial charge in [0.25, 0.3) is 0 Å². The number of hydrogen-bond donors (Lipinski definition) is 2. The van der Waals surface area contributed by atoms with Gasteiger partial charge in [-0.2, -0.15) is 12.6 Å². The smallest absolute Gasteiger partial charge is 0.230 e. The van der Waals surface area contributed by atoms with E-state index < -0.39 is 0 Å². The summed E-state index contributed by atoms with van der Waals surface area (Å²) in [6.45, 7) is 1.97. The molecule has 0 bridgehead atoms. The average Bonchev–Trinajstić information content (AvgIpc) is 2.56. The van der Waals surface area contributed by atoms with Gasteiger partial charge in [0.2, 0.25) is 5.91 Å². The van der Waals surface area contributed by atoms with Crippen molar-refractivity contribution in [2.45, 2.75) is 13.0 Å². The maximum absolute atomic E-state index is 10.9. The van der Waals surface area contributed by atoms with Gasteiger partial charge in [0.05, 0.1) is 11.8 Å². The van der Waals surface area contributed by atoms with E-state index in [0.29, 0.717) is 0 Å². The van der Waals surface area contributed by atoms with Crippen molar-refractivity contribution >= 4 is 29.9 Å². The van der Waals surface area contributed by atoms with Crippen LogP contribution in [0.5, 0.6) is 0 Å². The predicted molar refractivity (Wildman–Crippen MR) is 54.7 cm³/mol. The van der Waals surface area contributed by atoms with Crippen LogP contribution in [0.2, 0.25) is 0 Å². The number of rotatable bonds is 3. The van der Waals surface area contributed by atoms with Gasteiger partial charge >= 0.3 is 0 Å². The first-order valence-electron chi connectivity index (χ1n) is 3.67. The SMILES string of the molecule is CC(NC(=O)CS)c1cccs1. The molecule has 0 spiro atoms. The zero-order valence-corrected chi connectivity index (χ0v) is 8.49. The van der Waals surface area contributed by atoms with Crippen molar-refractivity contribution in [3.63, 3.8) is 0 Å². The Labute approximate surface area is 81.4 Å². The van der Waals surface area contributed by atoms with Crippen molar-refractivity contribution in [2.24, 2.45) is 0 Å². The molecule has 1 amide bonds. The molecule has 0 radical (unpaired) electrons. The van der Waals surface area contributed by atoms with Crippen LogP contribution in [-0.2, 0) is 4.79 Å². The fraction of sp³-hybridized carbons (Fsp3) is 0.375. The second-order valence-corrected chi connectivity index (χ2v) is 3.76. The Morgan fingerprint density at radius 3 is 3.08 bits per heavy atom. The molecule has 2 nitrogen and oxygen atoms in total. The van der Waals surface area contributed by atoms with E-state index >= 15 is 0 Å². The second kappa shape index (κ2) is 4.52. The third-order valence-electron chi connectivity index (χ3n) is 1.49. The van der Waals surface area contributed by atoms with Gasteiger partial charge in [0, 0.05) is 4.88 Å². The fourth-order valence-corrected chi connectivity index (χ4v) is 1.72. The summed E-state index contributed by atoms with van der Waals surface area (Å²) in [5.74, 6) is 0.217. The summed E-state index contributed by atoms with van der Waals surface area (Å²) in [5, 5.41) is 4.83. The summed E-state index contributed by atoms with van der Waals surface area (Å²) in [6, 6.07) is 4.09. The summed E-state index contributed by atoms with van der Waals surface area (Å²) < 4.78 is 0. The van der Waals surface area contributed by atoms with E-state index in [1.54, 1.807) is 11.3 Å². The number of carbonyl (C=O) groups excluding carboxylic acids is 1. The van der Waals surface area contributed by atoms with Gasteiger partial charge < -0.3 is 5.32 Å². The third-order valence-corrected chi connectivity index (χ3v) is 2.83. The van der Waals surface area contributed by atoms with Crippen LogP contribution in [0.25, 0.3) is 0 Å². The van der Waals surface area contributed by atoms with Crippen LogP contribution in [0.3, 0.4) is 0 Å². The quantitative estimate of drug-likeness (QED) is 0.718. The largest absolute Gasteiger partial charge is 0.348 e. The maximum atomic E-state index is 10.9. The Balaban J connectivity index is 2.49. The van der Waals surface area contributed by atoms with Crippen LogP contribution in [0.1, 0.15) is 17.8 Å². The molecule has 0 aliphatic heterocycles. The molecule has 12 heavy (non-hydrogen) atoms. The molecular formula is C8H11NOS2. The third kappa shape index (κ3) is 2.53. The minimum atomic E-state index is -0.0285. The molecular weight excluding hydrogens is 190 g/mol. The van der Waals surface area contributed by atoms with Crippen LogP contribution >= 0.6 is 24.0 Å². The molecule has 0 fully saturated rings. The predicted octanol–water partition coefficient (Wildman–Crippen LogP) is 1.86. The van der Waals surface area contributed by atoms with Crippen molar-refractivity contribution in [3.05, 3.63) is 22.4 Å². The number of thiol groups is 1. The highest BCUT2D eigenvalue weighted by molar-refractivity contribution is 7.81. The van der Waals surface area contributed by atoms with Gasteiger partial charge in [0.1, 0.15) is 0 Å². The van der Waals surface area contributed by atoms with Gasteiger partial charge in [-0.05, 0) is 18.4 Å². The molecule has 1 N–H and O–H groups in total. The zero-order valence-electron chi connectivity index (χ0n) is 6.78. The van der Waals surface area contributed by atoms with Crippen LogP contribution in [0.4, 0.5) is 0 Å². The van der Waals surface area contributed by atoms with E-state index in [9.17, 15) is 4.79 Å². The molecule has 0 aliphatic rings. The number of hydrogen-bond acceptors (Lipinski definition) is 3. The summed E-state index contributed by atoms with van der Waals surface area (Å²) in [6.07, 6.45) is 0. The van der Waals surface area contributed by atoms with Crippen molar-refractivity contribution in [1.29, 1.82) is 0 Å². The Morgan fingerprint density at radius 1 is 1.83 bits per heavy atom. The van der Waals surface area contributed by atoms with Crippen LogP contribution in [0, 0.1) is 0 Å². The first-order valence-corrected chi connectivity index (χ1v) is 5.19. The first-order chi connectivity index (χ1) is 5.74. The molecule has 0 aliphatic carbocycles. The molecule has 4 heteroatoms. The minimum absolute atomic E-state index is 0.0285. The molecule has 1 unspecified atom stereocenters. The van der Waals surface area contributed by atoms with E-state index in [4.69, 9.17) is 0 Å². The lowest BCUT2D eigenvalue weighted by Gasteiger charge is -2.10. The normalized spacial score (nSPS) is 12.5. The minimum Gasteiger partial charge on any atom is -0.348 e. The second-order valence-electron chi connectivity index (χ2n) is 2.46. The number of thiophene rings is 1. The van der Waals surface area contributed by atoms with Crippen molar-refractivity contribution < 1.29 is 4.79 Å². The standard InChI is InChI=1S/C8H11NOS2/c1-6(9-8(10)5-11)7-3-2-4-12-7/h2-4,6,11H,5H2,1H3,(H,9,10). The zero-order chi connectivity index (χ0) is 8.97. The first kappa shape index (κ1) is 9.61. The Morgan fingerprint density at radius 2 is 2.58 bits per heavy atom. The molecule has 1 aromatic heterocycles. The Kier molecular flexibility index (Phi) is 3.62. The molecule has 1 rings (SSSR count).